The van der Waals surface area contributed by atoms with E-state index >= 15 is 0 Å². The Balaban J connectivity index is 1.88. The molecule has 0 saturated carbocycles. The monoisotopic (exact) mass is 206 g/mol. The Morgan fingerprint density at radius 3 is 3.14 bits per heavy atom. The smallest absolute Gasteiger partial charge is 0.123 e. The summed E-state index contributed by atoms with van der Waals surface area (Å²) in [6.45, 7) is 1.91. The number of nitrogens with one attached hydrogen (secondary N) is 1. The highest BCUT2D eigenvalue weighted by Crippen LogP contribution is 2.23. The first kappa shape index (κ1) is 8.20. The maximum absolute atomic E-state index is 5.73. The van der Waals surface area contributed by atoms with E-state index in [0.29, 0.717) is 6.10 Å². The van der Waals surface area contributed by atoms with Crippen LogP contribution in [0.1, 0.15) is 0 Å². The van der Waals surface area contributed by atoms with E-state index in [1.807, 2.05) is 17.6 Å². The molecule has 0 amide bonds. The fourth-order valence-corrected chi connectivity index (χ4v) is 2.11. The highest BCUT2D eigenvalue weighted by molar-refractivity contribution is 7.16. The first-order valence-corrected chi connectivity index (χ1v) is 5.50. The summed E-state index contributed by atoms with van der Waals surface area (Å²) in [7, 11) is 0. The third-order valence-corrected chi connectivity index (χ3v) is 3.16. The molecule has 0 aliphatic carbocycles. The lowest BCUT2D eigenvalue weighted by molar-refractivity contribution is 0.142. The number of rotatable bonds is 2. The minimum absolute atomic E-state index is 0.339. The molecule has 0 radical (unpaired) electrons. The van der Waals surface area contributed by atoms with E-state index in [-0.39, 0.29) is 0 Å². The van der Waals surface area contributed by atoms with Gasteiger partial charge in [-0.3, -0.25) is 0 Å². The van der Waals surface area contributed by atoms with Crippen molar-refractivity contribution in [3.63, 3.8) is 0 Å². The number of benzene rings is 1. The lowest BCUT2D eigenvalue weighted by atomic mass is 10.2. The molecule has 1 aliphatic heterocycles. The highest BCUT2D eigenvalue weighted by atomic mass is 32.1. The number of thiazole rings is 1. The fourth-order valence-electron chi connectivity index (χ4n) is 1.45. The van der Waals surface area contributed by atoms with Crippen LogP contribution in [0.5, 0.6) is 5.75 Å². The standard InChI is InChI=1S/C10H10N2OS/c1-2-10-9(12-6-14-10)3-7(1)13-8-4-11-5-8/h1-3,6,8,11H,4-5H2. The molecular formula is C10H10N2OS. The number of ether oxygens (including phenoxy) is 1. The Labute approximate surface area is 85.7 Å². The van der Waals surface area contributed by atoms with Crippen molar-refractivity contribution in [2.45, 2.75) is 6.10 Å². The molecule has 1 fully saturated rings. The first-order valence-electron chi connectivity index (χ1n) is 4.62. The molecule has 1 aromatic carbocycles. The number of nitrogens with zero attached hydrogens (tertiary/aromatic N) is 1. The Morgan fingerprint density at radius 2 is 2.36 bits per heavy atom. The minimum Gasteiger partial charge on any atom is -0.488 e. The maximum atomic E-state index is 5.73. The Kier molecular flexibility index (Phi) is 1.89. The SMILES string of the molecule is c1nc2cc(OC3CNC3)ccc2s1. The third-order valence-electron chi connectivity index (χ3n) is 2.35. The van der Waals surface area contributed by atoms with Crippen molar-refractivity contribution in [2.24, 2.45) is 0 Å². The topological polar surface area (TPSA) is 34.1 Å². The van der Waals surface area contributed by atoms with E-state index in [9.17, 15) is 0 Å². The molecule has 1 aromatic heterocycles. The molecule has 1 aliphatic rings. The number of aromatic nitrogens is 1. The van der Waals surface area contributed by atoms with Gasteiger partial charge in [0.05, 0.1) is 15.7 Å². The van der Waals surface area contributed by atoms with Gasteiger partial charge in [0, 0.05) is 19.2 Å². The second-order valence-corrected chi connectivity index (χ2v) is 4.27. The van der Waals surface area contributed by atoms with Gasteiger partial charge in [0.15, 0.2) is 0 Å². The van der Waals surface area contributed by atoms with E-state index in [1.165, 1.54) is 4.70 Å². The largest absolute Gasteiger partial charge is 0.488 e. The molecule has 3 nitrogen and oxygen atoms in total. The normalized spacial score (nSPS) is 16.9. The minimum atomic E-state index is 0.339. The van der Waals surface area contributed by atoms with Gasteiger partial charge >= 0.3 is 0 Å². The van der Waals surface area contributed by atoms with Gasteiger partial charge in [-0.15, -0.1) is 11.3 Å². The van der Waals surface area contributed by atoms with Crippen molar-refractivity contribution in [1.82, 2.24) is 10.3 Å². The van der Waals surface area contributed by atoms with Gasteiger partial charge in [0.2, 0.25) is 0 Å². The molecule has 4 heteroatoms. The van der Waals surface area contributed by atoms with Crippen LogP contribution in [0, 0.1) is 0 Å². The summed E-state index contributed by atoms with van der Waals surface area (Å²) in [5, 5.41) is 3.18. The van der Waals surface area contributed by atoms with Crippen molar-refractivity contribution in [2.75, 3.05) is 13.1 Å². The van der Waals surface area contributed by atoms with Crippen LogP contribution < -0.4 is 10.1 Å². The van der Waals surface area contributed by atoms with Crippen molar-refractivity contribution in [3.8, 4) is 5.75 Å². The van der Waals surface area contributed by atoms with Crippen LogP contribution in [-0.4, -0.2) is 24.2 Å². The second kappa shape index (κ2) is 3.22. The summed E-state index contributed by atoms with van der Waals surface area (Å²) < 4.78 is 6.94. The number of hydrogen-bond acceptors (Lipinski definition) is 4. The predicted molar refractivity (Wildman–Crippen MR) is 56.9 cm³/mol. The molecule has 0 bridgehead atoms. The van der Waals surface area contributed by atoms with Crippen LogP contribution in [0.3, 0.4) is 0 Å². The Hall–Kier alpha value is -1.13. The summed E-state index contributed by atoms with van der Waals surface area (Å²) in [5.74, 6) is 0.926. The highest BCUT2D eigenvalue weighted by Gasteiger charge is 2.18. The van der Waals surface area contributed by atoms with E-state index in [2.05, 4.69) is 16.4 Å². The zero-order chi connectivity index (χ0) is 9.38. The summed E-state index contributed by atoms with van der Waals surface area (Å²) in [6.07, 6.45) is 0.339. The third kappa shape index (κ3) is 1.36. The van der Waals surface area contributed by atoms with E-state index in [4.69, 9.17) is 4.74 Å². The van der Waals surface area contributed by atoms with Crippen LogP contribution in [-0.2, 0) is 0 Å². The molecule has 3 rings (SSSR count). The molecule has 72 valence electrons. The van der Waals surface area contributed by atoms with Crippen LogP contribution in [0.25, 0.3) is 10.2 Å². The summed E-state index contributed by atoms with van der Waals surface area (Å²) in [4.78, 5) is 4.25. The zero-order valence-electron chi connectivity index (χ0n) is 7.56. The molecule has 1 N–H and O–H groups in total. The van der Waals surface area contributed by atoms with Crippen LogP contribution >= 0.6 is 11.3 Å². The molecule has 14 heavy (non-hydrogen) atoms. The molecule has 1 saturated heterocycles. The molecule has 2 heterocycles. The molecule has 0 unspecified atom stereocenters. The second-order valence-electron chi connectivity index (χ2n) is 3.38. The lowest BCUT2D eigenvalue weighted by Gasteiger charge is -2.27. The van der Waals surface area contributed by atoms with Crippen molar-refractivity contribution < 1.29 is 4.74 Å². The van der Waals surface area contributed by atoms with E-state index in [0.717, 1.165) is 24.4 Å². The number of hydrogen-bond donors (Lipinski definition) is 1. The molecule has 2 aromatic rings. The fraction of sp³-hybridized carbons (Fsp3) is 0.300. The zero-order valence-corrected chi connectivity index (χ0v) is 8.38. The quantitative estimate of drug-likeness (QED) is 0.811. The average Bonchev–Trinajstić information content (AvgIpc) is 2.58. The first-order chi connectivity index (χ1) is 6.92. The van der Waals surface area contributed by atoms with Crippen LogP contribution in [0.15, 0.2) is 23.7 Å². The predicted octanol–water partition coefficient (Wildman–Crippen LogP) is 1.65. The molecule has 0 atom stereocenters. The average molecular weight is 206 g/mol. The summed E-state index contributed by atoms with van der Waals surface area (Å²) in [5.41, 5.74) is 2.89. The van der Waals surface area contributed by atoms with Crippen LogP contribution in [0.4, 0.5) is 0 Å². The van der Waals surface area contributed by atoms with Gasteiger partial charge in [-0.1, -0.05) is 0 Å². The van der Waals surface area contributed by atoms with E-state index in [1.54, 1.807) is 11.3 Å². The van der Waals surface area contributed by atoms with Crippen LogP contribution in [0.2, 0.25) is 0 Å². The summed E-state index contributed by atoms with van der Waals surface area (Å²) in [6, 6.07) is 6.08. The van der Waals surface area contributed by atoms with Gasteiger partial charge in [0.25, 0.3) is 0 Å². The van der Waals surface area contributed by atoms with Crippen molar-refractivity contribution >= 4 is 21.6 Å². The van der Waals surface area contributed by atoms with Gasteiger partial charge in [0.1, 0.15) is 11.9 Å². The summed E-state index contributed by atoms with van der Waals surface area (Å²) >= 11 is 1.66. The molecule has 0 spiro atoms. The maximum Gasteiger partial charge on any atom is 0.123 e. The van der Waals surface area contributed by atoms with E-state index < -0.39 is 0 Å². The van der Waals surface area contributed by atoms with Gasteiger partial charge in [-0.2, -0.15) is 0 Å². The van der Waals surface area contributed by atoms with Crippen molar-refractivity contribution in [3.05, 3.63) is 23.7 Å². The van der Waals surface area contributed by atoms with Gasteiger partial charge in [-0.05, 0) is 12.1 Å². The van der Waals surface area contributed by atoms with Crippen molar-refractivity contribution in [1.29, 1.82) is 0 Å². The lowest BCUT2D eigenvalue weighted by Crippen LogP contribution is -2.50. The Bertz CT molecular complexity index is 450. The molecular weight excluding hydrogens is 196 g/mol. The Morgan fingerprint density at radius 1 is 1.43 bits per heavy atom. The van der Waals surface area contributed by atoms with Gasteiger partial charge < -0.3 is 10.1 Å². The van der Waals surface area contributed by atoms with Gasteiger partial charge in [-0.25, -0.2) is 4.98 Å². The number of fused-ring (bicyclic) bond motifs is 1.